The molecule has 0 bridgehead atoms. The fraction of sp³-hybridized carbons (Fsp3) is 0. The van der Waals surface area contributed by atoms with Gasteiger partial charge in [-0.15, -0.1) is 0 Å². The smallest absolute Gasteiger partial charge is 0.196 e. The van der Waals surface area contributed by atoms with E-state index < -0.39 is 0 Å². The number of nitrogens with zero attached hydrogens (tertiary/aromatic N) is 3. The predicted octanol–water partition coefficient (Wildman–Crippen LogP) is 1.84. The second-order valence-corrected chi connectivity index (χ2v) is 4.03. The number of ketones is 1. The lowest BCUT2D eigenvalue weighted by molar-refractivity contribution is 0.103. The van der Waals surface area contributed by atoms with Gasteiger partial charge in [-0.2, -0.15) is 0 Å². The Morgan fingerprint density at radius 1 is 0.947 bits per heavy atom. The van der Waals surface area contributed by atoms with Gasteiger partial charge in [0, 0.05) is 24.2 Å². The third kappa shape index (κ3) is 2.01. The van der Waals surface area contributed by atoms with Gasteiger partial charge < -0.3 is 5.73 Å². The van der Waals surface area contributed by atoms with Gasteiger partial charge in [0.15, 0.2) is 5.78 Å². The number of nitrogens with two attached hydrogens (primary N) is 1. The third-order valence-electron chi connectivity index (χ3n) is 2.81. The minimum absolute atomic E-state index is 0.168. The molecule has 0 atom stereocenters. The Kier molecular flexibility index (Phi) is 2.64. The van der Waals surface area contributed by atoms with Gasteiger partial charge in [-0.25, -0.2) is 4.98 Å². The van der Waals surface area contributed by atoms with Crippen molar-refractivity contribution in [1.29, 1.82) is 0 Å². The summed E-state index contributed by atoms with van der Waals surface area (Å²) in [5, 5.41) is 0. The zero-order valence-electron chi connectivity index (χ0n) is 9.95. The van der Waals surface area contributed by atoms with Gasteiger partial charge in [0.25, 0.3) is 0 Å². The molecule has 0 unspecified atom stereocenters. The van der Waals surface area contributed by atoms with Gasteiger partial charge in [0.05, 0.1) is 16.6 Å². The standard InChI is InChI=1S/C14H10N4O/c15-14-10(2-1-5-18-14)13(19)9-3-4-11-12(8-9)17-7-6-16-11/h1-8H,(H2,15,18). The summed E-state index contributed by atoms with van der Waals surface area (Å²) in [6.07, 6.45) is 4.76. The molecule has 0 saturated carbocycles. The van der Waals surface area contributed by atoms with Crippen molar-refractivity contribution in [3.8, 4) is 0 Å². The summed E-state index contributed by atoms with van der Waals surface area (Å²) in [7, 11) is 0. The first-order valence-corrected chi connectivity index (χ1v) is 5.71. The molecular formula is C14H10N4O. The second kappa shape index (κ2) is 4.45. The number of fused-ring (bicyclic) bond motifs is 1. The maximum atomic E-state index is 12.3. The van der Waals surface area contributed by atoms with Gasteiger partial charge >= 0.3 is 0 Å². The molecule has 0 aliphatic heterocycles. The maximum Gasteiger partial charge on any atom is 0.196 e. The SMILES string of the molecule is Nc1ncccc1C(=O)c1ccc2nccnc2c1. The largest absolute Gasteiger partial charge is 0.383 e. The normalized spacial score (nSPS) is 10.5. The van der Waals surface area contributed by atoms with Gasteiger partial charge in [-0.05, 0) is 30.3 Å². The molecule has 0 amide bonds. The molecule has 0 spiro atoms. The van der Waals surface area contributed by atoms with Crippen molar-refractivity contribution >= 4 is 22.6 Å². The van der Waals surface area contributed by atoms with E-state index in [1.54, 1.807) is 48.9 Å². The number of aromatic nitrogens is 3. The predicted molar refractivity (Wildman–Crippen MR) is 71.6 cm³/mol. The van der Waals surface area contributed by atoms with Crippen molar-refractivity contribution in [2.45, 2.75) is 0 Å². The molecule has 19 heavy (non-hydrogen) atoms. The van der Waals surface area contributed by atoms with E-state index in [1.807, 2.05) is 0 Å². The van der Waals surface area contributed by atoms with Gasteiger partial charge in [-0.1, -0.05) is 0 Å². The van der Waals surface area contributed by atoms with Crippen LogP contribution in [0.5, 0.6) is 0 Å². The van der Waals surface area contributed by atoms with Crippen molar-refractivity contribution in [1.82, 2.24) is 15.0 Å². The van der Waals surface area contributed by atoms with Crippen LogP contribution in [0.25, 0.3) is 11.0 Å². The van der Waals surface area contributed by atoms with E-state index in [1.165, 1.54) is 0 Å². The molecule has 0 aliphatic carbocycles. The third-order valence-corrected chi connectivity index (χ3v) is 2.81. The highest BCUT2D eigenvalue weighted by Crippen LogP contribution is 2.17. The molecule has 0 radical (unpaired) electrons. The van der Waals surface area contributed by atoms with Crippen LogP contribution in [0.15, 0.2) is 48.9 Å². The first-order valence-electron chi connectivity index (χ1n) is 5.71. The number of anilines is 1. The number of hydrogen-bond donors (Lipinski definition) is 1. The summed E-state index contributed by atoms with van der Waals surface area (Å²) in [4.78, 5) is 24.6. The Morgan fingerprint density at radius 3 is 2.53 bits per heavy atom. The number of pyridine rings is 1. The summed E-state index contributed by atoms with van der Waals surface area (Å²) in [6, 6.07) is 8.53. The molecule has 3 rings (SSSR count). The zero-order chi connectivity index (χ0) is 13.2. The van der Waals surface area contributed by atoms with Crippen LogP contribution in [-0.4, -0.2) is 20.7 Å². The summed E-state index contributed by atoms with van der Waals surface area (Å²) in [5.41, 5.74) is 8.05. The topological polar surface area (TPSA) is 81.8 Å². The van der Waals surface area contributed by atoms with Crippen molar-refractivity contribution in [3.63, 3.8) is 0 Å². The zero-order valence-corrected chi connectivity index (χ0v) is 9.95. The number of hydrogen-bond acceptors (Lipinski definition) is 5. The highest BCUT2D eigenvalue weighted by molar-refractivity contribution is 6.12. The lowest BCUT2D eigenvalue weighted by atomic mass is 10.0. The van der Waals surface area contributed by atoms with Crippen LogP contribution in [-0.2, 0) is 0 Å². The van der Waals surface area contributed by atoms with Gasteiger partial charge in [0.1, 0.15) is 5.82 Å². The Morgan fingerprint density at radius 2 is 1.74 bits per heavy atom. The molecule has 5 nitrogen and oxygen atoms in total. The molecule has 92 valence electrons. The summed E-state index contributed by atoms with van der Waals surface area (Å²) in [6.45, 7) is 0. The van der Waals surface area contributed by atoms with Gasteiger partial charge in [0.2, 0.25) is 0 Å². The minimum atomic E-state index is -0.168. The Balaban J connectivity index is 2.09. The van der Waals surface area contributed by atoms with E-state index in [2.05, 4.69) is 15.0 Å². The van der Waals surface area contributed by atoms with Crippen molar-refractivity contribution in [3.05, 3.63) is 60.0 Å². The van der Waals surface area contributed by atoms with Crippen LogP contribution in [0.3, 0.4) is 0 Å². The number of nitrogen functional groups attached to an aromatic ring is 1. The molecule has 0 saturated heterocycles. The van der Waals surface area contributed by atoms with Crippen molar-refractivity contribution in [2.24, 2.45) is 0 Å². The monoisotopic (exact) mass is 250 g/mol. The minimum Gasteiger partial charge on any atom is -0.383 e. The molecule has 2 aromatic heterocycles. The van der Waals surface area contributed by atoms with Crippen LogP contribution in [0.2, 0.25) is 0 Å². The second-order valence-electron chi connectivity index (χ2n) is 4.03. The number of rotatable bonds is 2. The van der Waals surface area contributed by atoms with E-state index in [0.717, 1.165) is 5.52 Å². The van der Waals surface area contributed by atoms with Crippen LogP contribution >= 0.6 is 0 Å². The summed E-state index contributed by atoms with van der Waals surface area (Å²) >= 11 is 0. The molecule has 0 fully saturated rings. The quantitative estimate of drug-likeness (QED) is 0.702. The average Bonchev–Trinajstić information content (AvgIpc) is 2.46. The summed E-state index contributed by atoms with van der Waals surface area (Å²) < 4.78 is 0. The Bertz CT molecular complexity index is 770. The van der Waals surface area contributed by atoms with E-state index in [4.69, 9.17) is 5.73 Å². The molecule has 2 heterocycles. The number of carbonyl (C=O) groups is 1. The van der Waals surface area contributed by atoms with Crippen LogP contribution in [0, 0.1) is 0 Å². The van der Waals surface area contributed by atoms with E-state index in [0.29, 0.717) is 16.6 Å². The first kappa shape index (κ1) is 11.3. The van der Waals surface area contributed by atoms with Crippen molar-refractivity contribution in [2.75, 3.05) is 5.73 Å². The highest BCUT2D eigenvalue weighted by Gasteiger charge is 2.13. The molecule has 1 aromatic carbocycles. The first-order chi connectivity index (χ1) is 9.25. The number of benzene rings is 1. The van der Waals surface area contributed by atoms with E-state index in [-0.39, 0.29) is 11.6 Å². The molecule has 2 N–H and O–H groups in total. The Labute approximate surface area is 109 Å². The summed E-state index contributed by atoms with van der Waals surface area (Å²) in [5.74, 6) is 0.0601. The molecule has 3 aromatic rings. The molecule has 5 heteroatoms. The fourth-order valence-electron chi connectivity index (χ4n) is 1.87. The lowest BCUT2D eigenvalue weighted by Crippen LogP contribution is -2.06. The molecular weight excluding hydrogens is 240 g/mol. The average molecular weight is 250 g/mol. The van der Waals surface area contributed by atoms with Crippen molar-refractivity contribution < 1.29 is 4.79 Å². The van der Waals surface area contributed by atoms with Crippen LogP contribution < -0.4 is 5.73 Å². The number of carbonyl (C=O) groups excluding carboxylic acids is 1. The van der Waals surface area contributed by atoms with Gasteiger partial charge in [-0.3, -0.25) is 14.8 Å². The van der Waals surface area contributed by atoms with E-state index >= 15 is 0 Å². The maximum absolute atomic E-state index is 12.3. The highest BCUT2D eigenvalue weighted by atomic mass is 16.1. The Hall–Kier alpha value is -2.82. The lowest BCUT2D eigenvalue weighted by Gasteiger charge is -2.04. The van der Waals surface area contributed by atoms with E-state index in [9.17, 15) is 4.79 Å². The van der Waals surface area contributed by atoms with Crippen LogP contribution in [0.4, 0.5) is 5.82 Å². The fourth-order valence-corrected chi connectivity index (χ4v) is 1.87. The molecule has 0 aliphatic rings. The van der Waals surface area contributed by atoms with Crippen LogP contribution in [0.1, 0.15) is 15.9 Å².